The molecule has 1 saturated heterocycles. The SMILES string of the molecule is C[C@H](N)COCCC(=O)N1CCN2c3ncc(C(F)(F)F)cc3OC[C@@H]2C1. The summed E-state index contributed by atoms with van der Waals surface area (Å²) < 4.78 is 49.3. The van der Waals surface area contributed by atoms with Crippen LogP contribution in [0.5, 0.6) is 5.75 Å². The second-order valence-corrected chi connectivity index (χ2v) is 6.84. The van der Waals surface area contributed by atoms with E-state index >= 15 is 0 Å². The van der Waals surface area contributed by atoms with Crippen molar-refractivity contribution in [1.82, 2.24) is 9.88 Å². The van der Waals surface area contributed by atoms with E-state index in [2.05, 4.69) is 4.98 Å². The van der Waals surface area contributed by atoms with Crippen molar-refractivity contribution in [3.05, 3.63) is 17.8 Å². The van der Waals surface area contributed by atoms with Crippen LogP contribution in [0.3, 0.4) is 0 Å². The molecule has 2 aliphatic heterocycles. The van der Waals surface area contributed by atoms with E-state index in [0.717, 1.165) is 12.3 Å². The van der Waals surface area contributed by atoms with Crippen LogP contribution in [0.25, 0.3) is 0 Å². The van der Waals surface area contributed by atoms with Crippen LogP contribution in [0, 0.1) is 0 Å². The number of piperazine rings is 1. The Morgan fingerprint density at radius 2 is 2.26 bits per heavy atom. The molecular formula is C17H23F3N4O3. The Balaban J connectivity index is 1.59. The van der Waals surface area contributed by atoms with Crippen molar-refractivity contribution in [3.63, 3.8) is 0 Å². The van der Waals surface area contributed by atoms with E-state index in [1.165, 1.54) is 0 Å². The number of halogens is 3. The third kappa shape index (κ3) is 4.62. The van der Waals surface area contributed by atoms with Gasteiger partial charge in [-0.2, -0.15) is 13.2 Å². The molecule has 2 N–H and O–H groups in total. The molecule has 3 heterocycles. The maximum Gasteiger partial charge on any atom is 0.418 e. The summed E-state index contributed by atoms with van der Waals surface area (Å²) in [5, 5.41) is 0. The molecule has 0 aromatic carbocycles. The van der Waals surface area contributed by atoms with Gasteiger partial charge < -0.3 is 25.0 Å². The van der Waals surface area contributed by atoms with Gasteiger partial charge in [0.2, 0.25) is 5.91 Å². The Labute approximate surface area is 155 Å². The average molecular weight is 388 g/mol. The van der Waals surface area contributed by atoms with Crippen LogP contribution in [0.15, 0.2) is 12.3 Å². The van der Waals surface area contributed by atoms with Gasteiger partial charge in [0.25, 0.3) is 0 Å². The zero-order valence-electron chi connectivity index (χ0n) is 15.0. The topological polar surface area (TPSA) is 80.9 Å². The third-order valence-electron chi connectivity index (χ3n) is 4.54. The molecule has 7 nitrogen and oxygen atoms in total. The highest BCUT2D eigenvalue weighted by Gasteiger charge is 2.38. The summed E-state index contributed by atoms with van der Waals surface area (Å²) in [4.78, 5) is 19.9. The molecule has 1 aromatic rings. The molecule has 0 unspecified atom stereocenters. The summed E-state index contributed by atoms with van der Waals surface area (Å²) in [5.74, 6) is 0.502. The number of carbonyl (C=O) groups excluding carboxylic acids is 1. The Bertz CT molecular complexity index is 684. The van der Waals surface area contributed by atoms with Gasteiger partial charge in [0.15, 0.2) is 11.6 Å². The van der Waals surface area contributed by atoms with Crippen molar-refractivity contribution in [3.8, 4) is 5.75 Å². The molecule has 27 heavy (non-hydrogen) atoms. The highest BCUT2D eigenvalue weighted by molar-refractivity contribution is 5.77. The van der Waals surface area contributed by atoms with Crippen LogP contribution in [0.1, 0.15) is 18.9 Å². The predicted molar refractivity (Wildman–Crippen MR) is 91.5 cm³/mol. The van der Waals surface area contributed by atoms with E-state index in [1.54, 1.807) is 4.90 Å². The molecule has 0 radical (unpaired) electrons. The lowest BCUT2D eigenvalue weighted by molar-refractivity contribution is -0.138. The molecule has 150 valence electrons. The molecule has 10 heteroatoms. The van der Waals surface area contributed by atoms with Crippen LogP contribution in [-0.2, 0) is 15.7 Å². The van der Waals surface area contributed by atoms with E-state index in [1.807, 2.05) is 11.8 Å². The predicted octanol–water partition coefficient (Wildman–Crippen LogP) is 1.26. The summed E-state index contributed by atoms with van der Waals surface area (Å²) in [7, 11) is 0. The van der Waals surface area contributed by atoms with E-state index < -0.39 is 11.7 Å². The first-order valence-electron chi connectivity index (χ1n) is 8.83. The minimum Gasteiger partial charge on any atom is -0.487 e. The van der Waals surface area contributed by atoms with Crippen molar-refractivity contribution in [1.29, 1.82) is 0 Å². The minimum atomic E-state index is -4.46. The molecule has 0 bridgehead atoms. The van der Waals surface area contributed by atoms with Gasteiger partial charge in [0.05, 0.1) is 31.2 Å². The lowest BCUT2D eigenvalue weighted by atomic mass is 10.1. The number of anilines is 1. The fraction of sp³-hybridized carbons (Fsp3) is 0.647. The number of ether oxygens (including phenoxy) is 2. The zero-order chi connectivity index (χ0) is 19.6. The second-order valence-electron chi connectivity index (χ2n) is 6.84. The maximum atomic E-state index is 12.8. The van der Waals surface area contributed by atoms with Crippen LogP contribution >= 0.6 is 0 Å². The molecule has 1 aromatic heterocycles. The average Bonchev–Trinajstić information content (AvgIpc) is 2.63. The standard InChI is InChI=1S/C17H23F3N4O3/c1-11(21)9-26-5-2-15(25)23-3-4-24-13(8-23)10-27-14-6-12(17(18,19)20)7-22-16(14)24/h6-7,11,13H,2-5,8-10,21H2,1H3/t11-,13-/m0/s1. The van der Waals surface area contributed by atoms with Crippen molar-refractivity contribution >= 4 is 11.7 Å². The first kappa shape index (κ1) is 19.7. The van der Waals surface area contributed by atoms with Gasteiger partial charge in [0.1, 0.15) is 6.61 Å². The molecule has 0 spiro atoms. The van der Waals surface area contributed by atoms with Crippen molar-refractivity contribution < 1.29 is 27.4 Å². The van der Waals surface area contributed by atoms with Crippen LogP contribution in [0.4, 0.5) is 19.0 Å². The van der Waals surface area contributed by atoms with E-state index in [9.17, 15) is 18.0 Å². The number of carbonyl (C=O) groups is 1. The smallest absolute Gasteiger partial charge is 0.418 e. The number of pyridine rings is 1. The van der Waals surface area contributed by atoms with Gasteiger partial charge in [-0.05, 0) is 13.0 Å². The summed E-state index contributed by atoms with van der Waals surface area (Å²) in [5.41, 5.74) is 4.76. The van der Waals surface area contributed by atoms with Crippen LogP contribution in [-0.4, -0.2) is 67.3 Å². The lowest BCUT2D eigenvalue weighted by Crippen LogP contribution is -2.58. The second kappa shape index (κ2) is 7.89. The van der Waals surface area contributed by atoms with Crippen molar-refractivity contribution in [2.75, 3.05) is 44.4 Å². The normalized spacial score (nSPS) is 20.6. The highest BCUT2D eigenvalue weighted by Crippen LogP contribution is 2.38. The quantitative estimate of drug-likeness (QED) is 0.765. The monoisotopic (exact) mass is 388 g/mol. The summed E-state index contributed by atoms with van der Waals surface area (Å²) in [6.07, 6.45) is -3.38. The fourth-order valence-corrected chi connectivity index (χ4v) is 3.19. The number of rotatable bonds is 5. The number of nitrogens with two attached hydrogens (primary N) is 1. The Hall–Kier alpha value is -2.07. The first-order valence-corrected chi connectivity index (χ1v) is 8.83. The number of aromatic nitrogens is 1. The molecule has 1 amide bonds. The maximum absolute atomic E-state index is 12.8. The van der Waals surface area contributed by atoms with E-state index in [-0.39, 0.29) is 36.8 Å². The minimum absolute atomic E-state index is 0.0227. The van der Waals surface area contributed by atoms with Gasteiger partial charge >= 0.3 is 6.18 Å². The fourth-order valence-electron chi connectivity index (χ4n) is 3.19. The Kier molecular flexibility index (Phi) is 5.75. The van der Waals surface area contributed by atoms with Crippen LogP contribution in [0.2, 0.25) is 0 Å². The Morgan fingerprint density at radius 3 is 2.96 bits per heavy atom. The van der Waals surface area contributed by atoms with Gasteiger partial charge in [0, 0.05) is 31.9 Å². The zero-order valence-corrected chi connectivity index (χ0v) is 15.0. The van der Waals surface area contributed by atoms with Gasteiger partial charge in [-0.3, -0.25) is 4.79 Å². The van der Waals surface area contributed by atoms with E-state index in [4.69, 9.17) is 15.2 Å². The number of alkyl halides is 3. The highest BCUT2D eigenvalue weighted by atomic mass is 19.4. The van der Waals surface area contributed by atoms with Gasteiger partial charge in [-0.15, -0.1) is 0 Å². The summed E-state index contributed by atoms with van der Waals surface area (Å²) >= 11 is 0. The molecule has 2 atom stereocenters. The Morgan fingerprint density at radius 1 is 1.48 bits per heavy atom. The number of nitrogens with zero attached hydrogens (tertiary/aromatic N) is 3. The number of amides is 1. The lowest BCUT2D eigenvalue weighted by Gasteiger charge is -2.44. The molecule has 0 aliphatic carbocycles. The molecule has 3 rings (SSSR count). The van der Waals surface area contributed by atoms with Crippen LogP contribution < -0.4 is 15.4 Å². The van der Waals surface area contributed by atoms with Gasteiger partial charge in [-0.1, -0.05) is 0 Å². The largest absolute Gasteiger partial charge is 0.487 e. The molecular weight excluding hydrogens is 365 g/mol. The number of hydrogen-bond donors (Lipinski definition) is 1. The number of fused-ring (bicyclic) bond motifs is 3. The molecule has 2 aliphatic rings. The molecule has 0 saturated carbocycles. The summed E-state index contributed by atoms with van der Waals surface area (Å²) in [6, 6.07) is 0.768. The van der Waals surface area contributed by atoms with Gasteiger partial charge in [-0.25, -0.2) is 4.98 Å². The van der Waals surface area contributed by atoms with Crippen molar-refractivity contribution in [2.24, 2.45) is 5.73 Å². The first-order chi connectivity index (χ1) is 12.8. The molecule has 1 fully saturated rings. The number of hydrogen-bond acceptors (Lipinski definition) is 6. The summed E-state index contributed by atoms with van der Waals surface area (Å²) in [6.45, 7) is 4.16. The van der Waals surface area contributed by atoms with Crippen molar-refractivity contribution in [2.45, 2.75) is 31.6 Å². The van der Waals surface area contributed by atoms with E-state index in [0.29, 0.717) is 38.7 Å². The third-order valence-corrected chi connectivity index (χ3v) is 4.54.